The first-order valence-electron chi connectivity index (χ1n) is 5.60. The molecule has 0 unspecified atom stereocenters. The highest BCUT2D eigenvalue weighted by molar-refractivity contribution is 7.89. The molecule has 0 saturated carbocycles. The molecule has 0 aliphatic rings. The summed E-state index contributed by atoms with van der Waals surface area (Å²) in [6.07, 6.45) is 0. The van der Waals surface area contributed by atoms with Gasteiger partial charge in [-0.15, -0.1) is 0 Å². The SMILES string of the molecule is NS(=O)(=O)c1ccc(F)cc1NC(=O)c1cccc(=O)[nH]1. The minimum atomic E-state index is -4.14. The van der Waals surface area contributed by atoms with E-state index in [1.807, 2.05) is 0 Å². The van der Waals surface area contributed by atoms with Gasteiger partial charge in [0.25, 0.3) is 5.91 Å². The zero-order valence-electron chi connectivity index (χ0n) is 10.5. The number of H-pyrrole nitrogens is 1. The number of hydrogen-bond donors (Lipinski definition) is 3. The van der Waals surface area contributed by atoms with Gasteiger partial charge in [-0.05, 0) is 24.3 Å². The van der Waals surface area contributed by atoms with Crippen molar-refractivity contribution < 1.29 is 17.6 Å². The lowest BCUT2D eigenvalue weighted by Crippen LogP contribution is -2.21. The summed E-state index contributed by atoms with van der Waals surface area (Å²) in [7, 11) is -4.14. The molecule has 0 radical (unpaired) electrons. The van der Waals surface area contributed by atoms with E-state index in [2.05, 4.69) is 10.3 Å². The van der Waals surface area contributed by atoms with Crippen molar-refractivity contribution in [2.45, 2.75) is 4.90 Å². The number of primary sulfonamides is 1. The quantitative estimate of drug-likeness (QED) is 0.760. The molecule has 110 valence electrons. The molecule has 0 fully saturated rings. The lowest BCUT2D eigenvalue weighted by Gasteiger charge is -2.09. The first-order chi connectivity index (χ1) is 9.77. The number of sulfonamides is 1. The van der Waals surface area contributed by atoms with Crippen LogP contribution in [0.4, 0.5) is 10.1 Å². The maximum Gasteiger partial charge on any atom is 0.272 e. The molecule has 21 heavy (non-hydrogen) atoms. The number of amides is 1. The van der Waals surface area contributed by atoms with Crippen LogP contribution in [0.25, 0.3) is 0 Å². The molecule has 0 aliphatic heterocycles. The minimum Gasteiger partial charge on any atom is -0.319 e. The number of carbonyl (C=O) groups excluding carboxylic acids is 1. The van der Waals surface area contributed by atoms with Crippen molar-refractivity contribution in [2.75, 3.05) is 5.32 Å². The highest BCUT2D eigenvalue weighted by Crippen LogP contribution is 2.21. The second kappa shape index (κ2) is 5.46. The Morgan fingerprint density at radius 2 is 1.95 bits per heavy atom. The van der Waals surface area contributed by atoms with Crippen molar-refractivity contribution in [3.8, 4) is 0 Å². The van der Waals surface area contributed by atoms with Crippen LogP contribution >= 0.6 is 0 Å². The molecule has 0 bridgehead atoms. The summed E-state index contributed by atoms with van der Waals surface area (Å²) >= 11 is 0. The summed E-state index contributed by atoms with van der Waals surface area (Å²) < 4.78 is 36.0. The molecular formula is C12H10FN3O4S. The van der Waals surface area contributed by atoms with Gasteiger partial charge in [-0.2, -0.15) is 0 Å². The van der Waals surface area contributed by atoms with Gasteiger partial charge in [-0.25, -0.2) is 17.9 Å². The van der Waals surface area contributed by atoms with Crippen molar-refractivity contribution in [1.82, 2.24) is 4.98 Å². The summed E-state index contributed by atoms with van der Waals surface area (Å²) in [6.45, 7) is 0. The number of nitrogens with one attached hydrogen (secondary N) is 2. The zero-order chi connectivity index (χ0) is 15.6. The predicted octanol–water partition coefficient (Wildman–Crippen LogP) is 0.414. The number of pyridine rings is 1. The summed E-state index contributed by atoms with van der Waals surface area (Å²) in [5.74, 6) is -1.55. The number of halogens is 1. The minimum absolute atomic E-state index is 0.105. The molecule has 0 atom stereocenters. The fourth-order valence-corrected chi connectivity index (χ4v) is 2.29. The largest absolute Gasteiger partial charge is 0.319 e. The third-order valence-corrected chi connectivity index (χ3v) is 3.48. The van der Waals surface area contributed by atoms with Gasteiger partial charge in [-0.3, -0.25) is 9.59 Å². The molecule has 0 saturated heterocycles. The van der Waals surface area contributed by atoms with Crippen LogP contribution in [0.1, 0.15) is 10.5 Å². The Hall–Kier alpha value is -2.52. The number of anilines is 1. The van der Waals surface area contributed by atoms with Crippen molar-refractivity contribution in [1.29, 1.82) is 0 Å². The van der Waals surface area contributed by atoms with Crippen LogP contribution in [0.3, 0.4) is 0 Å². The van der Waals surface area contributed by atoms with Crippen LogP contribution < -0.4 is 16.0 Å². The maximum absolute atomic E-state index is 13.2. The molecular weight excluding hydrogens is 301 g/mol. The summed E-state index contributed by atoms with van der Waals surface area (Å²) in [5.41, 5.74) is -0.923. The normalized spacial score (nSPS) is 11.1. The molecule has 2 rings (SSSR count). The molecule has 1 aromatic heterocycles. The van der Waals surface area contributed by atoms with Crippen LogP contribution in [0, 0.1) is 5.82 Å². The number of benzene rings is 1. The van der Waals surface area contributed by atoms with Crippen LogP contribution in [0.15, 0.2) is 46.1 Å². The zero-order valence-corrected chi connectivity index (χ0v) is 11.3. The molecule has 1 heterocycles. The molecule has 1 aromatic carbocycles. The van der Waals surface area contributed by atoms with Crippen molar-refractivity contribution in [3.05, 3.63) is 58.3 Å². The number of rotatable bonds is 3. The van der Waals surface area contributed by atoms with Gasteiger partial charge in [0.2, 0.25) is 15.6 Å². The van der Waals surface area contributed by atoms with Crippen LogP contribution in [0.2, 0.25) is 0 Å². The fourth-order valence-electron chi connectivity index (χ4n) is 1.62. The van der Waals surface area contributed by atoms with E-state index < -0.39 is 32.2 Å². The third-order valence-electron chi connectivity index (χ3n) is 2.51. The first-order valence-corrected chi connectivity index (χ1v) is 7.15. The molecule has 0 aliphatic carbocycles. The van der Waals surface area contributed by atoms with E-state index in [0.717, 1.165) is 18.2 Å². The molecule has 7 nitrogen and oxygen atoms in total. The Bertz CT molecular complexity index is 861. The average molecular weight is 311 g/mol. The van der Waals surface area contributed by atoms with Gasteiger partial charge in [-0.1, -0.05) is 6.07 Å². The Balaban J connectivity index is 2.42. The Morgan fingerprint density at radius 1 is 1.24 bits per heavy atom. The van der Waals surface area contributed by atoms with Gasteiger partial charge < -0.3 is 10.3 Å². The van der Waals surface area contributed by atoms with Crippen molar-refractivity contribution in [3.63, 3.8) is 0 Å². The van der Waals surface area contributed by atoms with Gasteiger partial charge in [0.05, 0.1) is 5.69 Å². The van der Waals surface area contributed by atoms with Crippen LogP contribution in [-0.2, 0) is 10.0 Å². The van der Waals surface area contributed by atoms with E-state index in [4.69, 9.17) is 5.14 Å². The van der Waals surface area contributed by atoms with E-state index in [-0.39, 0.29) is 11.4 Å². The van der Waals surface area contributed by atoms with E-state index in [1.54, 1.807) is 0 Å². The fraction of sp³-hybridized carbons (Fsp3) is 0. The average Bonchev–Trinajstić information content (AvgIpc) is 2.37. The van der Waals surface area contributed by atoms with E-state index in [9.17, 15) is 22.4 Å². The topological polar surface area (TPSA) is 122 Å². The maximum atomic E-state index is 13.2. The molecule has 1 amide bonds. The predicted molar refractivity (Wildman–Crippen MR) is 72.8 cm³/mol. The summed E-state index contributed by atoms with van der Waals surface area (Å²) in [6, 6.07) is 6.52. The summed E-state index contributed by atoms with van der Waals surface area (Å²) in [5, 5.41) is 7.18. The highest BCUT2D eigenvalue weighted by Gasteiger charge is 2.17. The first kappa shape index (κ1) is 14.9. The van der Waals surface area contributed by atoms with Crippen LogP contribution in [0.5, 0.6) is 0 Å². The number of aromatic nitrogens is 1. The second-order valence-electron chi connectivity index (χ2n) is 4.07. The number of hydrogen-bond acceptors (Lipinski definition) is 4. The lowest BCUT2D eigenvalue weighted by molar-refractivity contribution is 0.102. The smallest absolute Gasteiger partial charge is 0.272 e. The monoisotopic (exact) mass is 311 g/mol. The van der Waals surface area contributed by atoms with Crippen molar-refractivity contribution in [2.24, 2.45) is 5.14 Å². The van der Waals surface area contributed by atoms with Gasteiger partial charge >= 0.3 is 0 Å². The lowest BCUT2D eigenvalue weighted by atomic mass is 10.3. The Labute approximate surface area is 118 Å². The standard InChI is InChI=1S/C12H10FN3O4S/c13-7-4-5-10(21(14,19)20)9(6-7)16-12(18)8-2-1-3-11(17)15-8/h1-6H,(H,15,17)(H,16,18)(H2,14,19,20). The van der Waals surface area contributed by atoms with Gasteiger partial charge in [0.15, 0.2) is 0 Å². The molecule has 2 aromatic rings. The van der Waals surface area contributed by atoms with Gasteiger partial charge in [0.1, 0.15) is 16.4 Å². The van der Waals surface area contributed by atoms with Crippen LogP contribution in [-0.4, -0.2) is 19.3 Å². The number of nitrogens with two attached hydrogens (primary N) is 1. The highest BCUT2D eigenvalue weighted by atomic mass is 32.2. The molecule has 0 spiro atoms. The van der Waals surface area contributed by atoms with Crippen molar-refractivity contribution >= 4 is 21.6 Å². The Morgan fingerprint density at radius 3 is 2.57 bits per heavy atom. The van der Waals surface area contributed by atoms with Gasteiger partial charge in [0, 0.05) is 6.07 Å². The van der Waals surface area contributed by atoms with E-state index >= 15 is 0 Å². The van der Waals surface area contributed by atoms with E-state index in [1.165, 1.54) is 18.2 Å². The third kappa shape index (κ3) is 3.52. The Kier molecular flexibility index (Phi) is 3.87. The second-order valence-corrected chi connectivity index (χ2v) is 5.60. The van der Waals surface area contributed by atoms with E-state index in [0.29, 0.717) is 0 Å². The molecule has 9 heteroatoms. The summed E-state index contributed by atoms with van der Waals surface area (Å²) in [4.78, 5) is 24.9. The number of aromatic amines is 1. The molecule has 4 N–H and O–H groups in total. The number of carbonyl (C=O) groups is 1.